The van der Waals surface area contributed by atoms with Crippen molar-refractivity contribution in [2.45, 2.75) is 6.92 Å². The first-order chi connectivity index (χ1) is 6.77. The normalized spacial score (nSPS) is 10.1. The molecule has 0 bridgehead atoms. The molecule has 2 rings (SSSR count). The minimum Gasteiger partial charge on any atom is -0.256 e. The largest absolute Gasteiger partial charge is 0.256 e. The number of hydrogen-bond donors (Lipinski definition) is 0. The zero-order valence-corrected chi connectivity index (χ0v) is 8.62. The molecule has 1 heterocycles. The van der Waals surface area contributed by atoms with Crippen molar-refractivity contribution in [3.05, 3.63) is 53.2 Å². The first-order valence-corrected chi connectivity index (χ1v) is 4.83. The average Bonchev–Trinajstić information content (AvgIpc) is 2.23. The summed E-state index contributed by atoms with van der Waals surface area (Å²) in [6, 6.07) is 11.9. The first kappa shape index (κ1) is 9.22. The Bertz CT molecular complexity index is 437. The van der Waals surface area contributed by atoms with Gasteiger partial charge in [0.25, 0.3) is 0 Å². The Balaban J connectivity index is 2.48. The van der Waals surface area contributed by atoms with E-state index in [0.29, 0.717) is 0 Å². The van der Waals surface area contributed by atoms with E-state index in [1.165, 1.54) is 0 Å². The molecule has 1 aromatic heterocycles. The molecule has 1 aromatic carbocycles. The maximum atomic E-state index is 6.02. The van der Waals surface area contributed by atoms with Crippen LogP contribution in [0.1, 0.15) is 5.56 Å². The van der Waals surface area contributed by atoms with Gasteiger partial charge in [0.15, 0.2) is 0 Å². The van der Waals surface area contributed by atoms with Gasteiger partial charge in [-0.25, -0.2) is 0 Å². The lowest BCUT2D eigenvalue weighted by Gasteiger charge is -2.02. The van der Waals surface area contributed by atoms with Gasteiger partial charge in [0.1, 0.15) is 0 Å². The number of aromatic nitrogens is 1. The van der Waals surface area contributed by atoms with Crippen LogP contribution in [-0.2, 0) is 0 Å². The number of halogens is 1. The Morgan fingerprint density at radius 2 is 1.86 bits per heavy atom. The number of nitrogens with zero attached hydrogens (tertiary/aromatic N) is 1. The van der Waals surface area contributed by atoms with Crippen LogP contribution in [0.15, 0.2) is 42.6 Å². The third-order valence-electron chi connectivity index (χ3n) is 2.11. The Morgan fingerprint density at radius 3 is 2.50 bits per heavy atom. The highest BCUT2D eigenvalue weighted by atomic mass is 35.5. The predicted molar refractivity (Wildman–Crippen MR) is 59.4 cm³/mol. The molecule has 2 heteroatoms. The highest BCUT2D eigenvalue weighted by molar-refractivity contribution is 6.31. The summed E-state index contributed by atoms with van der Waals surface area (Å²) in [7, 11) is 0. The summed E-state index contributed by atoms with van der Waals surface area (Å²) in [5.41, 5.74) is 3.02. The van der Waals surface area contributed by atoms with Crippen LogP contribution in [-0.4, -0.2) is 4.98 Å². The van der Waals surface area contributed by atoms with Crippen LogP contribution in [0.4, 0.5) is 0 Å². The smallest absolute Gasteiger partial charge is 0.0716 e. The molecular formula is C12H10ClN. The number of aryl methyl sites for hydroxylation is 1. The van der Waals surface area contributed by atoms with Gasteiger partial charge in [-0.3, -0.25) is 4.98 Å². The molecule has 2 aromatic rings. The van der Waals surface area contributed by atoms with Gasteiger partial charge in [-0.05, 0) is 18.6 Å². The van der Waals surface area contributed by atoms with Gasteiger partial charge in [0, 0.05) is 16.8 Å². The van der Waals surface area contributed by atoms with Crippen LogP contribution in [0.25, 0.3) is 11.3 Å². The summed E-state index contributed by atoms with van der Waals surface area (Å²) >= 11 is 6.02. The van der Waals surface area contributed by atoms with Crippen LogP contribution < -0.4 is 0 Å². The summed E-state index contributed by atoms with van der Waals surface area (Å²) < 4.78 is 0. The molecule has 0 radical (unpaired) electrons. The monoisotopic (exact) mass is 203 g/mol. The standard InChI is InChI=1S/C12H10ClN/c1-9-8-14-12(7-11(9)13)10-5-3-2-4-6-10/h2-8H,1H3. The summed E-state index contributed by atoms with van der Waals surface area (Å²) in [5.74, 6) is 0. The molecule has 0 aliphatic carbocycles. The topological polar surface area (TPSA) is 12.9 Å². The molecular weight excluding hydrogens is 194 g/mol. The second-order valence-electron chi connectivity index (χ2n) is 3.18. The van der Waals surface area contributed by atoms with Crippen molar-refractivity contribution in [1.29, 1.82) is 0 Å². The van der Waals surface area contributed by atoms with Crippen LogP contribution in [0, 0.1) is 6.92 Å². The van der Waals surface area contributed by atoms with Crippen molar-refractivity contribution in [3.63, 3.8) is 0 Å². The molecule has 0 aliphatic rings. The third-order valence-corrected chi connectivity index (χ3v) is 2.51. The summed E-state index contributed by atoms with van der Waals surface area (Å²) in [6.07, 6.45) is 1.80. The van der Waals surface area contributed by atoms with Gasteiger partial charge < -0.3 is 0 Å². The lowest BCUT2D eigenvalue weighted by molar-refractivity contribution is 1.27. The van der Waals surface area contributed by atoms with E-state index in [1.807, 2.05) is 43.3 Å². The second-order valence-corrected chi connectivity index (χ2v) is 3.59. The second kappa shape index (κ2) is 3.81. The molecule has 0 N–H and O–H groups in total. The van der Waals surface area contributed by atoms with Crippen LogP contribution in [0.3, 0.4) is 0 Å². The molecule has 0 unspecified atom stereocenters. The maximum absolute atomic E-state index is 6.02. The van der Waals surface area contributed by atoms with Crippen molar-refractivity contribution >= 4 is 11.6 Å². The molecule has 70 valence electrons. The molecule has 1 nitrogen and oxygen atoms in total. The van der Waals surface area contributed by atoms with E-state index < -0.39 is 0 Å². The van der Waals surface area contributed by atoms with E-state index in [9.17, 15) is 0 Å². The highest BCUT2D eigenvalue weighted by Crippen LogP contribution is 2.22. The number of benzene rings is 1. The molecule has 0 fully saturated rings. The van der Waals surface area contributed by atoms with Crippen molar-refractivity contribution in [2.75, 3.05) is 0 Å². The van der Waals surface area contributed by atoms with E-state index in [2.05, 4.69) is 4.98 Å². The van der Waals surface area contributed by atoms with Gasteiger partial charge in [-0.1, -0.05) is 41.9 Å². The van der Waals surface area contributed by atoms with Crippen LogP contribution in [0.2, 0.25) is 5.02 Å². The van der Waals surface area contributed by atoms with Gasteiger partial charge in [0.2, 0.25) is 0 Å². The van der Waals surface area contributed by atoms with Gasteiger partial charge >= 0.3 is 0 Å². The molecule has 0 aliphatic heterocycles. The van der Waals surface area contributed by atoms with Gasteiger partial charge in [0.05, 0.1) is 5.69 Å². The molecule has 0 saturated carbocycles. The lowest BCUT2D eigenvalue weighted by Crippen LogP contribution is -1.84. The van der Waals surface area contributed by atoms with E-state index in [1.54, 1.807) is 6.20 Å². The van der Waals surface area contributed by atoms with Crippen LogP contribution >= 0.6 is 11.6 Å². The Hall–Kier alpha value is -1.34. The molecule has 0 atom stereocenters. The maximum Gasteiger partial charge on any atom is 0.0716 e. The molecule has 14 heavy (non-hydrogen) atoms. The van der Waals surface area contributed by atoms with E-state index in [-0.39, 0.29) is 0 Å². The zero-order chi connectivity index (χ0) is 9.97. The van der Waals surface area contributed by atoms with Crippen molar-refractivity contribution in [1.82, 2.24) is 4.98 Å². The predicted octanol–water partition coefficient (Wildman–Crippen LogP) is 3.71. The number of hydrogen-bond acceptors (Lipinski definition) is 1. The Morgan fingerprint density at radius 1 is 1.14 bits per heavy atom. The third kappa shape index (κ3) is 1.78. The summed E-state index contributed by atoms with van der Waals surface area (Å²) in [5, 5.41) is 0.763. The fourth-order valence-electron chi connectivity index (χ4n) is 1.27. The average molecular weight is 204 g/mol. The molecule has 0 amide bonds. The van der Waals surface area contributed by atoms with Gasteiger partial charge in [-0.15, -0.1) is 0 Å². The Labute approximate surface area is 88.4 Å². The SMILES string of the molecule is Cc1cnc(-c2ccccc2)cc1Cl. The number of rotatable bonds is 1. The summed E-state index contributed by atoms with van der Waals surface area (Å²) in [4.78, 5) is 4.32. The van der Waals surface area contributed by atoms with E-state index in [4.69, 9.17) is 11.6 Å². The van der Waals surface area contributed by atoms with Crippen molar-refractivity contribution < 1.29 is 0 Å². The molecule has 0 spiro atoms. The summed E-state index contributed by atoms with van der Waals surface area (Å²) in [6.45, 7) is 1.95. The minimum absolute atomic E-state index is 0.763. The van der Waals surface area contributed by atoms with E-state index >= 15 is 0 Å². The van der Waals surface area contributed by atoms with Crippen LogP contribution in [0.5, 0.6) is 0 Å². The quantitative estimate of drug-likeness (QED) is 0.689. The fourth-order valence-corrected chi connectivity index (χ4v) is 1.42. The first-order valence-electron chi connectivity index (χ1n) is 4.45. The van der Waals surface area contributed by atoms with Gasteiger partial charge in [-0.2, -0.15) is 0 Å². The lowest BCUT2D eigenvalue weighted by atomic mass is 10.1. The number of pyridine rings is 1. The van der Waals surface area contributed by atoms with Crippen molar-refractivity contribution in [2.24, 2.45) is 0 Å². The Kier molecular flexibility index (Phi) is 2.51. The fraction of sp³-hybridized carbons (Fsp3) is 0.0833. The highest BCUT2D eigenvalue weighted by Gasteiger charge is 2.00. The zero-order valence-electron chi connectivity index (χ0n) is 7.87. The van der Waals surface area contributed by atoms with E-state index in [0.717, 1.165) is 21.8 Å². The van der Waals surface area contributed by atoms with Crippen molar-refractivity contribution in [3.8, 4) is 11.3 Å². The molecule has 0 saturated heterocycles. The minimum atomic E-state index is 0.763.